The van der Waals surface area contributed by atoms with Crippen LogP contribution in [0.5, 0.6) is 5.75 Å². The molecule has 3 rings (SSSR count). The largest absolute Gasteiger partial charge is 0.495 e. The Morgan fingerprint density at radius 3 is 3.10 bits per heavy atom. The van der Waals surface area contributed by atoms with Gasteiger partial charge in [-0.2, -0.15) is 0 Å². The Morgan fingerprint density at radius 1 is 1.35 bits per heavy atom. The monoisotopic (exact) mass is 291 g/mol. The van der Waals surface area contributed by atoms with Gasteiger partial charge in [-0.3, -0.25) is 0 Å². The number of aromatic nitrogens is 2. The Hall–Kier alpha value is -1.66. The highest BCUT2D eigenvalue weighted by Crippen LogP contribution is 2.36. The van der Waals surface area contributed by atoms with Crippen LogP contribution in [0.2, 0.25) is 0 Å². The van der Waals surface area contributed by atoms with Crippen molar-refractivity contribution in [3.8, 4) is 5.75 Å². The van der Waals surface area contributed by atoms with Crippen molar-refractivity contribution in [1.82, 2.24) is 15.3 Å². The van der Waals surface area contributed by atoms with Crippen LogP contribution < -0.4 is 10.1 Å². The average Bonchev–Trinajstić information content (AvgIpc) is 2.49. The maximum absolute atomic E-state index is 13.2. The summed E-state index contributed by atoms with van der Waals surface area (Å²) in [7, 11) is 1.54. The number of ether oxygens (including phenoxy) is 1. The smallest absolute Gasteiger partial charge is 0.135 e. The Morgan fingerprint density at radius 2 is 2.25 bits per heavy atom. The lowest BCUT2D eigenvalue weighted by molar-refractivity contribution is 0.401. The molecule has 0 fully saturated rings. The van der Waals surface area contributed by atoms with Gasteiger partial charge in [-0.05, 0) is 25.1 Å². The molecule has 0 unspecified atom stereocenters. The minimum atomic E-state index is -0.305. The normalized spacial score (nSPS) is 13.9. The van der Waals surface area contributed by atoms with Crippen LogP contribution >= 0.6 is 11.8 Å². The number of nitrogens with zero attached hydrogens (tertiary/aromatic N) is 2. The molecular formula is C14H14FN3OS. The quantitative estimate of drug-likeness (QED) is 0.880. The van der Waals surface area contributed by atoms with Gasteiger partial charge in [0.1, 0.15) is 22.9 Å². The molecule has 0 amide bonds. The summed E-state index contributed by atoms with van der Waals surface area (Å²) in [6.07, 6.45) is 2.48. The fraction of sp³-hybridized carbons (Fsp3) is 0.286. The third-order valence-corrected chi connectivity index (χ3v) is 4.27. The first-order valence-corrected chi connectivity index (χ1v) is 7.14. The van der Waals surface area contributed by atoms with Crippen LogP contribution in [-0.2, 0) is 13.0 Å². The number of nitrogens with one attached hydrogen (secondary N) is 1. The lowest BCUT2D eigenvalue weighted by atomic mass is 10.1. The van der Waals surface area contributed by atoms with E-state index in [1.54, 1.807) is 12.4 Å². The number of hydrogen-bond donors (Lipinski definition) is 1. The molecule has 0 spiro atoms. The number of fused-ring (bicyclic) bond motifs is 1. The van der Waals surface area contributed by atoms with E-state index in [9.17, 15) is 4.39 Å². The highest BCUT2D eigenvalue weighted by atomic mass is 32.2. The van der Waals surface area contributed by atoms with Crippen LogP contribution in [0.25, 0.3) is 0 Å². The van der Waals surface area contributed by atoms with Crippen LogP contribution in [0, 0.1) is 5.82 Å². The van der Waals surface area contributed by atoms with Crippen LogP contribution in [0.15, 0.2) is 34.4 Å². The minimum Gasteiger partial charge on any atom is -0.495 e. The second-order valence-corrected chi connectivity index (χ2v) is 5.46. The van der Waals surface area contributed by atoms with Crippen LogP contribution in [0.4, 0.5) is 4.39 Å². The van der Waals surface area contributed by atoms with E-state index in [1.807, 2.05) is 0 Å². The molecule has 1 aliphatic heterocycles. The second-order valence-electron chi connectivity index (χ2n) is 4.43. The molecule has 1 N–H and O–H groups in total. The number of halogens is 1. The zero-order chi connectivity index (χ0) is 13.9. The van der Waals surface area contributed by atoms with E-state index < -0.39 is 0 Å². The topological polar surface area (TPSA) is 47.0 Å². The van der Waals surface area contributed by atoms with E-state index in [2.05, 4.69) is 15.3 Å². The van der Waals surface area contributed by atoms with Gasteiger partial charge in [0.05, 0.1) is 17.7 Å². The first kappa shape index (κ1) is 13.3. The van der Waals surface area contributed by atoms with Crippen LogP contribution in [0.1, 0.15) is 11.3 Å². The summed E-state index contributed by atoms with van der Waals surface area (Å²) in [5.41, 5.74) is 2.21. The number of methoxy groups -OCH3 is 1. The predicted octanol–water partition coefficient (Wildman–Crippen LogP) is 2.42. The highest BCUT2D eigenvalue weighted by molar-refractivity contribution is 7.99. The van der Waals surface area contributed by atoms with E-state index >= 15 is 0 Å². The van der Waals surface area contributed by atoms with Crippen molar-refractivity contribution >= 4 is 11.8 Å². The molecule has 2 aromatic rings. The molecule has 104 valence electrons. The average molecular weight is 291 g/mol. The second kappa shape index (κ2) is 5.76. The number of hydrogen-bond acceptors (Lipinski definition) is 5. The highest BCUT2D eigenvalue weighted by Gasteiger charge is 2.17. The summed E-state index contributed by atoms with van der Waals surface area (Å²) in [6.45, 7) is 1.69. The van der Waals surface area contributed by atoms with E-state index in [0.29, 0.717) is 5.75 Å². The molecule has 2 heterocycles. The van der Waals surface area contributed by atoms with Gasteiger partial charge in [0.2, 0.25) is 0 Å². The summed E-state index contributed by atoms with van der Waals surface area (Å²) >= 11 is 1.49. The van der Waals surface area contributed by atoms with Gasteiger partial charge in [0.25, 0.3) is 0 Å². The zero-order valence-electron chi connectivity index (χ0n) is 11.0. The lowest BCUT2D eigenvalue weighted by Gasteiger charge is -2.18. The maximum Gasteiger partial charge on any atom is 0.135 e. The van der Waals surface area contributed by atoms with Crippen molar-refractivity contribution < 1.29 is 9.13 Å². The predicted molar refractivity (Wildman–Crippen MR) is 74.5 cm³/mol. The van der Waals surface area contributed by atoms with Gasteiger partial charge in [-0.15, -0.1) is 0 Å². The van der Waals surface area contributed by atoms with Crippen molar-refractivity contribution in [3.63, 3.8) is 0 Å². The number of benzene rings is 1. The third kappa shape index (κ3) is 2.62. The molecule has 0 saturated carbocycles. The summed E-state index contributed by atoms with van der Waals surface area (Å²) in [5.74, 6) is 0.219. The molecule has 1 aliphatic rings. The molecule has 0 saturated heterocycles. The van der Waals surface area contributed by atoms with Gasteiger partial charge in [-0.25, -0.2) is 14.4 Å². The summed E-state index contributed by atoms with van der Waals surface area (Å²) < 4.78 is 18.4. The zero-order valence-corrected chi connectivity index (χ0v) is 11.8. The van der Waals surface area contributed by atoms with Gasteiger partial charge in [-0.1, -0.05) is 11.8 Å². The van der Waals surface area contributed by atoms with Crippen molar-refractivity contribution in [1.29, 1.82) is 0 Å². The van der Waals surface area contributed by atoms with E-state index in [-0.39, 0.29) is 5.82 Å². The van der Waals surface area contributed by atoms with Crippen molar-refractivity contribution in [2.45, 2.75) is 22.9 Å². The minimum absolute atomic E-state index is 0.305. The lowest BCUT2D eigenvalue weighted by Crippen LogP contribution is -2.25. The third-order valence-electron chi connectivity index (χ3n) is 3.17. The Labute approximate surface area is 120 Å². The van der Waals surface area contributed by atoms with Gasteiger partial charge < -0.3 is 10.1 Å². The molecular weight excluding hydrogens is 277 g/mol. The molecule has 0 atom stereocenters. The van der Waals surface area contributed by atoms with Gasteiger partial charge in [0.15, 0.2) is 0 Å². The molecule has 1 aromatic heterocycles. The maximum atomic E-state index is 13.2. The van der Waals surface area contributed by atoms with Crippen molar-refractivity contribution in [2.75, 3.05) is 13.7 Å². The SMILES string of the molecule is COc1cc(F)ccc1Sc1ncnc2c1CCNC2. The summed E-state index contributed by atoms with van der Waals surface area (Å²) in [5, 5.41) is 4.21. The molecule has 0 bridgehead atoms. The van der Waals surface area contributed by atoms with E-state index in [0.717, 1.165) is 35.1 Å². The Balaban J connectivity index is 1.95. The van der Waals surface area contributed by atoms with Crippen molar-refractivity contribution in [2.24, 2.45) is 0 Å². The standard InChI is InChI=1S/C14H14FN3OS/c1-19-12-6-9(15)2-3-13(12)20-14-10-4-5-16-7-11(10)17-8-18-14/h2-3,6,8,16H,4-5,7H2,1H3. The molecule has 0 radical (unpaired) electrons. The fourth-order valence-corrected chi connectivity index (χ4v) is 3.20. The molecule has 6 heteroatoms. The summed E-state index contributed by atoms with van der Waals surface area (Å²) in [4.78, 5) is 9.51. The van der Waals surface area contributed by atoms with E-state index in [4.69, 9.17) is 4.74 Å². The van der Waals surface area contributed by atoms with Crippen molar-refractivity contribution in [3.05, 3.63) is 41.6 Å². The van der Waals surface area contributed by atoms with E-state index in [1.165, 1.54) is 36.6 Å². The first-order valence-electron chi connectivity index (χ1n) is 6.33. The molecule has 4 nitrogen and oxygen atoms in total. The van der Waals surface area contributed by atoms with Crippen LogP contribution in [0.3, 0.4) is 0 Å². The Kier molecular flexibility index (Phi) is 3.84. The van der Waals surface area contributed by atoms with Gasteiger partial charge in [0, 0.05) is 18.2 Å². The van der Waals surface area contributed by atoms with Crippen LogP contribution in [-0.4, -0.2) is 23.6 Å². The first-order chi connectivity index (χ1) is 9.78. The summed E-state index contributed by atoms with van der Waals surface area (Å²) in [6, 6.07) is 4.53. The molecule has 20 heavy (non-hydrogen) atoms. The molecule has 1 aromatic carbocycles. The van der Waals surface area contributed by atoms with Gasteiger partial charge >= 0.3 is 0 Å². The molecule has 0 aliphatic carbocycles. The Bertz CT molecular complexity index is 636. The number of rotatable bonds is 3. The fourth-order valence-electron chi connectivity index (χ4n) is 2.17.